The van der Waals surface area contributed by atoms with E-state index in [4.69, 9.17) is 10.5 Å². The van der Waals surface area contributed by atoms with Crippen LogP contribution in [0.5, 0.6) is 5.88 Å². The van der Waals surface area contributed by atoms with Crippen molar-refractivity contribution in [3.05, 3.63) is 53.6 Å². The summed E-state index contributed by atoms with van der Waals surface area (Å²) in [5, 5.41) is 1.61. The maximum absolute atomic E-state index is 12.7. The first-order valence-corrected chi connectivity index (χ1v) is 6.62. The van der Waals surface area contributed by atoms with Crippen LogP contribution in [0.2, 0.25) is 0 Å². The fraction of sp³-hybridized carbons (Fsp3) is 0.0588. The second-order valence-corrected chi connectivity index (χ2v) is 5.01. The molecule has 1 aliphatic carbocycles. The molecule has 3 aromatic rings. The van der Waals surface area contributed by atoms with Crippen molar-refractivity contribution in [2.75, 3.05) is 12.8 Å². The Morgan fingerprint density at radius 3 is 2.57 bits per heavy atom. The SMILES string of the molecule is COc1cc2c(N)ccc3c2c(n1)-c1ccccc1C3=O. The lowest BCUT2D eigenvalue weighted by Gasteiger charge is -2.20. The molecule has 0 unspecified atom stereocenters. The summed E-state index contributed by atoms with van der Waals surface area (Å²) in [4.78, 5) is 17.2. The van der Waals surface area contributed by atoms with Crippen LogP contribution in [0.25, 0.3) is 22.0 Å². The van der Waals surface area contributed by atoms with Crippen LogP contribution in [0, 0.1) is 0 Å². The maximum atomic E-state index is 12.7. The normalized spacial score (nSPS) is 12.3. The summed E-state index contributed by atoms with van der Waals surface area (Å²) in [6.07, 6.45) is 0. The van der Waals surface area contributed by atoms with Crippen LogP contribution in [-0.2, 0) is 0 Å². The van der Waals surface area contributed by atoms with Crippen LogP contribution < -0.4 is 10.5 Å². The highest BCUT2D eigenvalue weighted by molar-refractivity contribution is 6.26. The van der Waals surface area contributed by atoms with E-state index >= 15 is 0 Å². The second kappa shape index (κ2) is 4.06. The number of ether oxygens (including phenoxy) is 1. The van der Waals surface area contributed by atoms with Gasteiger partial charge in [-0.15, -0.1) is 0 Å². The molecule has 4 heteroatoms. The number of benzene rings is 2. The minimum Gasteiger partial charge on any atom is -0.481 e. The van der Waals surface area contributed by atoms with Crippen LogP contribution in [0.3, 0.4) is 0 Å². The molecule has 1 heterocycles. The first kappa shape index (κ1) is 11.9. The van der Waals surface area contributed by atoms with Gasteiger partial charge in [0.15, 0.2) is 5.78 Å². The van der Waals surface area contributed by atoms with Crippen LogP contribution in [0.1, 0.15) is 15.9 Å². The zero-order valence-electron chi connectivity index (χ0n) is 11.4. The number of aromatic nitrogens is 1. The molecule has 0 saturated heterocycles. The lowest BCUT2D eigenvalue weighted by molar-refractivity contribution is 0.104. The molecular weight excluding hydrogens is 264 g/mol. The highest BCUT2D eigenvalue weighted by Gasteiger charge is 2.27. The van der Waals surface area contributed by atoms with Gasteiger partial charge in [-0.25, -0.2) is 4.98 Å². The van der Waals surface area contributed by atoms with Crippen molar-refractivity contribution >= 4 is 22.2 Å². The molecule has 1 aliphatic rings. The third-order valence-electron chi connectivity index (χ3n) is 3.89. The predicted octanol–water partition coefficient (Wildman–Crippen LogP) is 3.04. The number of nitrogen functional groups attached to an aromatic ring is 1. The Kier molecular flexibility index (Phi) is 2.30. The van der Waals surface area contributed by atoms with Crippen molar-refractivity contribution in [3.8, 4) is 17.1 Å². The molecule has 0 fully saturated rings. The molecule has 2 aromatic carbocycles. The number of methoxy groups -OCH3 is 1. The first-order valence-electron chi connectivity index (χ1n) is 6.62. The van der Waals surface area contributed by atoms with Crippen molar-refractivity contribution < 1.29 is 9.53 Å². The second-order valence-electron chi connectivity index (χ2n) is 5.01. The van der Waals surface area contributed by atoms with Gasteiger partial charge < -0.3 is 10.5 Å². The van der Waals surface area contributed by atoms with Crippen molar-refractivity contribution in [1.29, 1.82) is 0 Å². The smallest absolute Gasteiger partial charge is 0.214 e. The van der Waals surface area contributed by atoms with Gasteiger partial charge in [-0.05, 0) is 12.1 Å². The topological polar surface area (TPSA) is 65.2 Å². The number of nitrogens with two attached hydrogens (primary N) is 1. The number of hydrogen-bond acceptors (Lipinski definition) is 4. The van der Waals surface area contributed by atoms with Crippen LogP contribution in [-0.4, -0.2) is 17.9 Å². The van der Waals surface area contributed by atoms with E-state index in [1.54, 1.807) is 25.3 Å². The number of ketones is 1. The van der Waals surface area contributed by atoms with Crippen LogP contribution in [0.15, 0.2) is 42.5 Å². The summed E-state index contributed by atoms with van der Waals surface area (Å²) in [7, 11) is 1.57. The van der Waals surface area contributed by atoms with Gasteiger partial charge in [-0.2, -0.15) is 0 Å². The van der Waals surface area contributed by atoms with Crippen molar-refractivity contribution in [3.63, 3.8) is 0 Å². The number of carbonyl (C=O) groups excluding carboxylic acids is 1. The minimum absolute atomic E-state index is 0.00932. The summed E-state index contributed by atoms with van der Waals surface area (Å²) in [6.45, 7) is 0. The summed E-state index contributed by atoms with van der Waals surface area (Å²) >= 11 is 0. The van der Waals surface area contributed by atoms with Crippen molar-refractivity contribution in [2.24, 2.45) is 0 Å². The van der Waals surface area contributed by atoms with E-state index in [1.165, 1.54) is 0 Å². The molecule has 0 saturated carbocycles. The average molecular weight is 276 g/mol. The van der Waals surface area contributed by atoms with Gasteiger partial charge in [0, 0.05) is 39.2 Å². The summed E-state index contributed by atoms with van der Waals surface area (Å²) in [6, 6.07) is 12.8. The molecule has 2 N–H and O–H groups in total. The first-order chi connectivity index (χ1) is 10.2. The number of fused-ring (bicyclic) bond motifs is 2. The Bertz CT molecular complexity index is 916. The van der Waals surface area contributed by atoms with E-state index in [0.29, 0.717) is 22.7 Å². The Labute approximate surface area is 121 Å². The number of carbonyl (C=O) groups is 1. The molecule has 0 amide bonds. The third-order valence-corrected chi connectivity index (χ3v) is 3.89. The molecule has 0 spiro atoms. The molecule has 21 heavy (non-hydrogen) atoms. The lowest BCUT2D eigenvalue weighted by Crippen LogP contribution is -2.11. The molecule has 0 atom stereocenters. The van der Waals surface area contributed by atoms with E-state index in [-0.39, 0.29) is 5.78 Å². The molecule has 0 aliphatic heterocycles. The fourth-order valence-electron chi connectivity index (χ4n) is 2.89. The van der Waals surface area contributed by atoms with Crippen molar-refractivity contribution in [2.45, 2.75) is 0 Å². The predicted molar refractivity (Wildman–Crippen MR) is 81.6 cm³/mol. The highest BCUT2D eigenvalue weighted by atomic mass is 16.5. The Hall–Kier alpha value is -2.88. The summed E-state index contributed by atoms with van der Waals surface area (Å²) < 4.78 is 5.27. The molecule has 0 bridgehead atoms. The number of anilines is 1. The zero-order chi connectivity index (χ0) is 14.6. The summed E-state index contributed by atoms with van der Waals surface area (Å²) in [5.74, 6) is 0.501. The number of rotatable bonds is 1. The maximum Gasteiger partial charge on any atom is 0.214 e. The van der Waals surface area contributed by atoms with Gasteiger partial charge in [0.2, 0.25) is 5.88 Å². The molecule has 4 rings (SSSR count). The van der Waals surface area contributed by atoms with Crippen molar-refractivity contribution in [1.82, 2.24) is 4.98 Å². The minimum atomic E-state index is 0.00932. The van der Waals surface area contributed by atoms with Gasteiger partial charge in [-0.3, -0.25) is 4.79 Å². The highest BCUT2D eigenvalue weighted by Crippen LogP contribution is 2.41. The third kappa shape index (κ3) is 1.50. The number of hydrogen-bond donors (Lipinski definition) is 1. The Balaban J connectivity index is 2.25. The standard InChI is InChI=1S/C17H12N2O2/c1-21-14-8-12-13(18)7-6-11-15(12)16(19-14)9-4-2-3-5-10(9)17(11)20/h2-8H,18H2,1H3. The van der Waals surface area contributed by atoms with Gasteiger partial charge in [0.05, 0.1) is 12.8 Å². The van der Waals surface area contributed by atoms with E-state index in [2.05, 4.69) is 4.98 Å². The van der Waals surface area contributed by atoms with E-state index in [9.17, 15) is 4.79 Å². The quantitative estimate of drug-likeness (QED) is 0.543. The molecule has 4 nitrogen and oxygen atoms in total. The van der Waals surface area contributed by atoms with Gasteiger partial charge in [-0.1, -0.05) is 24.3 Å². The number of nitrogens with zero attached hydrogens (tertiary/aromatic N) is 1. The van der Waals surface area contributed by atoms with E-state index in [1.807, 2.05) is 24.3 Å². The fourth-order valence-corrected chi connectivity index (χ4v) is 2.89. The molecule has 102 valence electrons. The number of pyridine rings is 1. The van der Waals surface area contributed by atoms with E-state index < -0.39 is 0 Å². The molecular formula is C17H12N2O2. The van der Waals surface area contributed by atoms with Crippen LogP contribution >= 0.6 is 0 Å². The zero-order valence-corrected chi connectivity index (χ0v) is 11.4. The molecule has 0 radical (unpaired) electrons. The van der Waals surface area contributed by atoms with Crippen LogP contribution in [0.4, 0.5) is 5.69 Å². The van der Waals surface area contributed by atoms with Gasteiger partial charge >= 0.3 is 0 Å². The Morgan fingerprint density at radius 1 is 1.05 bits per heavy atom. The van der Waals surface area contributed by atoms with Gasteiger partial charge in [0.25, 0.3) is 0 Å². The molecule has 1 aromatic heterocycles. The summed E-state index contributed by atoms with van der Waals surface area (Å²) in [5.41, 5.74) is 9.56. The van der Waals surface area contributed by atoms with E-state index in [0.717, 1.165) is 22.0 Å². The lowest BCUT2D eigenvalue weighted by atomic mass is 9.85. The average Bonchev–Trinajstić information content (AvgIpc) is 2.53. The van der Waals surface area contributed by atoms with Gasteiger partial charge in [0.1, 0.15) is 0 Å². The largest absolute Gasteiger partial charge is 0.481 e. The monoisotopic (exact) mass is 276 g/mol. The Morgan fingerprint density at radius 2 is 1.81 bits per heavy atom.